The molecule has 3 rings (SSSR count). The standard InChI is InChI=1S/C19H22FN3O5/c1-11(16(25)21-9-12-3-7-14(20)8-4-12)28-15(24)10-23-17(26)19(2,13-5-6-13)22-18(23)27/h3-4,7-8,11,13H,5-6,9-10H2,1-2H3,(H,21,25)(H,22,27)/t11-,19+/m1/s1. The van der Waals surface area contributed by atoms with Gasteiger partial charge in [0.15, 0.2) is 6.10 Å². The van der Waals surface area contributed by atoms with E-state index in [1.807, 2.05) is 0 Å². The summed E-state index contributed by atoms with van der Waals surface area (Å²) in [6.07, 6.45) is 0.599. The van der Waals surface area contributed by atoms with Crippen LogP contribution in [-0.2, 0) is 25.7 Å². The number of hydrogen-bond acceptors (Lipinski definition) is 5. The van der Waals surface area contributed by atoms with Crippen molar-refractivity contribution in [3.8, 4) is 0 Å². The van der Waals surface area contributed by atoms with E-state index in [0.717, 1.165) is 17.7 Å². The number of amides is 4. The van der Waals surface area contributed by atoms with Gasteiger partial charge in [-0.1, -0.05) is 12.1 Å². The van der Waals surface area contributed by atoms with Crippen LogP contribution in [0.1, 0.15) is 32.3 Å². The van der Waals surface area contributed by atoms with Gasteiger partial charge in [0.2, 0.25) is 0 Å². The molecule has 1 aliphatic carbocycles. The number of carbonyl (C=O) groups is 4. The van der Waals surface area contributed by atoms with Gasteiger partial charge in [-0.15, -0.1) is 0 Å². The number of ether oxygens (including phenoxy) is 1. The van der Waals surface area contributed by atoms with Gasteiger partial charge in [-0.05, 0) is 50.3 Å². The van der Waals surface area contributed by atoms with Crippen LogP contribution in [0.15, 0.2) is 24.3 Å². The lowest BCUT2D eigenvalue weighted by atomic mass is 9.96. The second kappa shape index (κ2) is 7.57. The average molecular weight is 391 g/mol. The molecule has 4 amide bonds. The van der Waals surface area contributed by atoms with Gasteiger partial charge < -0.3 is 15.4 Å². The SMILES string of the molecule is C[C@@H](OC(=O)CN1C(=O)N[C@@](C)(C2CC2)C1=O)C(=O)NCc1ccc(F)cc1. The zero-order chi connectivity index (χ0) is 20.5. The fraction of sp³-hybridized carbons (Fsp3) is 0.474. The molecule has 1 saturated carbocycles. The third kappa shape index (κ3) is 4.13. The summed E-state index contributed by atoms with van der Waals surface area (Å²) in [4.78, 5) is 49.5. The Morgan fingerprint density at radius 3 is 2.57 bits per heavy atom. The molecule has 0 unspecified atom stereocenters. The molecule has 9 heteroatoms. The third-order valence-corrected chi connectivity index (χ3v) is 5.04. The summed E-state index contributed by atoms with van der Waals surface area (Å²) in [5, 5.41) is 5.21. The van der Waals surface area contributed by atoms with Gasteiger partial charge >= 0.3 is 12.0 Å². The topological polar surface area (TPSA) is 105 Å². The molecule has 0 bridgehead atoms. The van der Waals surface area contributed by atoms with Gasteiger partial charge in [-0.2, -0.15) is 0 Å². The fourth-order valence-electron chi connectivity index (χ4n) is 3.15. The van der Waals surface area contributed by atoms with Crippen LogP contribution < -0.4 is 10.6 Å². The summed E-state index contributed by atoms with van der Waals surface area (Å²) >= 11 is 0. The lowest BCUT2D eigenvalue weighted by molar-refractivity contribution is -0.156. The minimum Gasteiger partial charge on any atom is -0.451 e. The van der Waals surface area contributed by atoms with E-state index in [9.17, 15) is 23.6 Å². The van der Waals surface area contributed by atoms with Crippen LogP contribution in [0, 0.1) is 11.7 Å². The monoisotopic (exact) mass is 391 g/mol. The Morgan fingerprint density at radius 2 is 1.96 bits per heavy atom. The molecule has 2 N–H and O–H groups in total. The van der Waals surface area contributed by atoms with Crippen LogP contribution in [0.4, 0.5) is 9.18 Å². The molecule has 1 aromatic rings. The number of nitrogens with one attached hydrogen (secondary N) is 2. The van der Waals surface area contributed by atoms with Gasteiger partial charge in [-0.25, -0.2) is 9.18 Å². The second-order valence-corrected chi connectivity index (χ2v) is 7.27. The Balaban J connectivity index is 1.48. The molecule has 2 fully saturated rings. The normalized spacial score (nSPS) is 22.6. The molecule has 1 aromatic carbocycles. The summed E-state index contributed by atoms with van der Waals surface area (Å²) in [6, 6.07) is 4.98. The van der Waals surface area contributed by atoms with Crippen LogP contribution >= 0.6 is 0 Å². The number of benzene rings is 1. The Labute approximate surface area is 161 Å². The number of hydrogen-bond donors (Lipinski definition) is 2. The summed E-state index contributed by atoms with van der Waals surface area (Å²) in [7, 11) is 0. The van der Waals surface area contributed by atoms with Crippen LogP contribution in [0.5, 0.6) is 0 Å². The first-order chi connectivity index (χ1) is 13.2. The average Bonchev–Trinajstić information content (AvgIpc) is 3.47. The maximum Gasteiger partial charge on any atom is 0.327 e. The van der Waals surface area contributed by atoms with Crippen molar-refractivity contribution in [2.75, 3.05) is 6.54 Å². The van der Waals surface area contributed by atoms with Crippen molar-refractivity contribution < 1.29 is 28.3 Å². The van der Waals surface area contributed by atoms with Crippen molar-refractivity contribution in [1.82, 2.24) is 15.5 Å². The Hall–Kier alpha value is -2.97. The summed E-state index contributed by atoms with van der Waals surface area (Å²) < 4.78 is 17.9. The Bertz CT molecular complexity index is 808. The van der Waals surface area contributed by atoms with Crippen molar-refractivity contribution in [3.05, 3.63) is 35.6 Å². The van der Waals surface area contributed by atoms with E-state index in [0.29, 0.717) is 5.56 Å². The highest BCUT2D eigenvalue weighted by atomic mass is 19.1. The van der Waals surface area contributed by atoms with Crippen molar-refractivity contribution in [3.63, 3.8) is 0 Å². The van der Waals surface area contributed by atoms with E-state index in [1.54, 1.807) is 6.92 Å². The number of nitrogens with zero attached hydrogens (tertiary/aromatic N) is 1. The zero-order valence-electron chi connectivity index (χ0n) is 15.7. The number of halogens is 1. The van der Waals surface area contributed by atoms with Crippen LogP contribution in [0.2, 0.25) is 0 Å². The first kappa shape index (κ1) is 19.8. The first-order valence-corrected chi connectivity index (χ1v) is 9.06. The molecule has 8 nitrogen and oxygen atoms in total. The van der Waals surface area contributed by atoms with E-state index in [2.05, 4.69) is 10.6 Å². The predicted molar refractivity (Wildman–Crippen MR) is 95.2 cm³/mol. The minimum atomic E-state index is -1.11. The molecular weight excluding hydrogens is 369 g/mol. The highest BCUT2D eigenvalue weighted by molar-refractivity contribution is 6.08. The molecule has 150 valence electrons. The number of rotatable bonds is 7. The maximum absolute atomic E-state index is 12.9. The largest absolute Gasteiger partial charge is 0.451 e. The van der Waals surface area contributed by atoms with E-state index >= 15 is 0 Å². The molecule has 1 aliphatic heterocycles. The van der Waals surface area contributed by atoms with E-state index in [1.165, 1.54) is 31.2 Å². The number of urea groups is 1. The molecule has 1 heterocycles. The van der Waals surface area contributed by atoms with Gasteiger partial charge in [0.25, 0.3) is 11.8 Å². The van der Waals surface area contributed by atoms with Crippen LogP contribution in [0.25, 0.3) is 0 Å². The summed E-state index contributed by atoms with van der Waals surface area (Å²) in [5.41, 5.74) is -0.290. The lowest BCUT2D eigenvalue weighted by Gasteiger charge is -2.21. The number of carbonyl (C=O) groups excluding carboxylic acids is 4. The smallest absolute Gasteiger partial charge is 0.327 e. The lowest BCUT2D eigenvalue weighted by Crippen LogP contribution is -2.46. The van der Waals surface area contributed by atoms with Gasteiger partial charge in [0.05, 0.1) is 0 Å². The first-order valence-electron chi connectivity index (χ1n) is 9.06. The third-order valence-electron chi connectivity index (χ3n) is 5.04. The minimum absolute atomic E-state index is 0.0844. The van der Waals surface area contributed by atoms with Crippen molar-refractivity contribution >= 4 is 23.8 Å². The molecule has 0 spiro atoms. The molecule has 2 atom stereocenters. The zero-order valence-corrected chi connectivity index (χ0v) is 15.7. The molecule has 1 saturated heterocycles. The van der Waals surface area contributed by atoms with Crippen LogP contribution in [-0.4, -0.2) is 46.9 Å². The molecule has 2 aliphatic rings. The Morgan fingerprint density at radius 1 is 1.32 bits per heavy atom. The fourth-order valence-corrected chi connectivity index (χ4v) is 3.15. The van der Waals surface area contributed by atoms with Crippen molar-refractivity contribution in [2.45, 2.75) is 44.9 Å². The maximum atomic E-state index is 12.9. The highest BCUT2D eigenvalue weighted by Gasteiger charge is 2.56. The van der Waals surface area contributed by atoms with Crippen molar-refractivity contribution in [2.24, 2.45) is 5.92 Å². The summed E-state index contributed by atoms with van der Waals surface area (Å²) in [5.74, 6) is -2.15. The van der Waals surface area contributed by atoms with E-state index in [-0.39, 0.29) is 18.3 Å². The van der Waals surface area contributed by atoms with E-state index in [4.69, 9.17) is 4.74 Å². The quantitative estimate of drug-likeness (QED) is 0.535. The molecule has 28 heavy (non-hydrogen) atoms. The van der Waals surface area contributed by atoms with Crippen molar-refractivity contribution in [1.29, 1.82) is 0 Å². The Kier molecular flexibility index (Phi) is 5.35. The number of esters is 1. The molecule has 0 radical (unpaired) electrons. The molecule has 0 aromatic heterocycles. The highest BCUT2D eigenvalue weighted by Crippen LogP contribution is 2.42. The number of imide groups is 1. The van der Waals surface area contributed by atoms with E-state index < -0.39 is 42.0 Å². The van der Waals surface area contributed by atoms with Gasteiger partial charge in [0, 0.05) is 6.54 Å². The van der Waals surface area contributed by atoms with Gasteiger partial charge in [-0.3, -0.25) is 19.3 Å². The molecular formula is C19H22FN3O5. The summed E-state index contributed by atoms with van der Waals surface area (Å²) in [6.45, 7) is 2.64. The van der Waals surface area contributed by atoms with Crippen LogP contribution in [0.3, 0.4) is 0 Å². The second-order valence-electron chi connectivity index (χ2n) is 7.27. The predicted octanol–water partition coefficient (Wildman–Crippen LogP) is 1.09. The van der Waals surface area contributed by atoms with Gasteiger partial charge in [0.1, 0.15) is 17.9 Å².